The molecule has 1 atom stereocenters. The van der Waals surface area contributed by atoms with Crippen molar-refractivity contribution in [1.82, 2.24) is 9.88 Å². The molecule has 1 aliphatic heterocycles. The lowest BCUT2D eigenvalue weighted by Crippen LogP contribution is -2.33. The number of rotatable bonds is 1. The van der Waals surface area contributed by atoms with Crippen LogP contribution >= 0.6 is 11.3 Å². The maximum Gasteiger partial charge on any atom is 0.266 e. The highest BCUT2D eigenvalue weighted by Gasteiger charge is 2.29. The molecule has 1 amide bonds. The molecule has 0 radical (unpaired) electrons. The van der Waals surface area contributed by atoms with Gasteiger partial charge >= 0.3 is 0 Å². The Morgan fingerprint density at radius 3 is 3.11 bits per heavy atom. The van der Waals surface area contributed by atoms with Crippen molar-refractivity contribution < 1.29 is 4.79 Å². The molecule has 3 rings (SSSR count). The van der Waals surface area contributed by atoms with Crippen molar-refractivity contribution in [3.63, 3.8) is 0 Å². The van der Waals surface area contributed by atoms with E-state index in [-0.39, 0.29) is 5.91 Å². The largest absolute Gasteiger partial charge is 0.396 e. The van der Waals surface area contributed by atoms with Crippen LogP contribution in [-0.2, 0) is 0 Å². The van der Waals surface area contributed by atoms with E-state index in [1.165, 1.54) is 11.3 Å². The molecule has 2 N–H and O–H groups in total. The van der Waals surface area contributed by atoms with Gasteiger partial charge in [0.1, 0.15) is 10.4 Å². The molecule has 1 fully saturated rings. The van der Waals surface area contributed by atoms with Crippen molar-refractivity contribution in [2.24, 2.45) is 0 Å². The molecule has 2 aromatic rings. The molecular weight excluding hydrogens is 246 g/mol. The van der Waals surface area contributed by atoms with Crippen LogP contribution in [0.1, 0.15) is 29.4 Å². The fourth-order valence-corrected chi connectivity index (χ4v) is 3.51. The van der Waals surface area contributed by atoms with E-state index in [4.69, 9.17) is 5.73 Å². The summed E-state index contributed by atoms with van der Waals surface area (Å²) in [5.74, 6) is 0.0560. The molecule has 0 bridgehead atoms. The average molecular weight is 261 g/mol. The lowest BCUT2D eigenvalue weighted by atomic mass is 10.2. The minimum Gasteiger partial charge on any atom is -0.396 e. The third-order valence-corrected chi connectivity index (χ3v) is 4.64. The van der Waals surface area contributed by atoms with Crippen molar-refractivity contribution in [2.75, 3.05) is 12.3 Å². The summed E-state index contributed by atoms with van der Waals surface area (Å²) in [7, 11) is 0. The number of likely N-dealkylation sites (tertiary alicyclic amines) is 1. The summed E-state index contributed by atoms with van der Waals surface area (Å²) < 4.78 is 0.977. The number of nitrogens with zero attached hydrogens (tertiary/aromatic N) is 2. The summed E-state index contributed by atoms with van der Waals surface area (Å²) in [6.45, 7) is 2.92. The monoisotopic (exact) mass is 261 g/mol. The molecule has 94 valence electrons. The second-order valence-electron chi connectivity index (χ2n) is 4.68. The van der Waals surface area contributed by atoms with Gasteiger partial charge in [0.2, 0.25) is 0 Å². The van der Waals surface area contributed by atoms with Gasteiger partial charge in [-0.15, -0.1) is 11.3 Å². The fourth-order valence-electron chi connectivity index (χ4n) is 2.47. The van der Waals surface area contributed by atoms with Crippen LogP contribution in [0.5, 0.6) is 0 Å². The van der Waals surface area contributed by atoms with Gasteiger partial charge in [-0.05, 0) is 31.9 Å². The summed E-state index contributed by atoms with van der Waals surface area (Å²) in [5, 5.41) is 0. The zero-order chi connectivity index (χ0) is 12.7. The highest BCUT2D eigenvalue weighted by molar-refractivity contribution is 7.21. The molecule has 2 aromatic heterocycles. The summed E-state index contributed by atoms with van der Waals surface area (Å²) in [4.78, 5) is 19.3. The summed E-state index contributed by atoms with van der Waals surface area (Å²) in [6.07, 6.45) is 3.86. The maximum atomic E-state index is 12.5. The Bertz CT molecular complexity index is 607. The number of carbonyl (C=O) groups excluding carboxylic acids is 1. The van der Waals surface area contributed by atoms with Crippen LogP contribution in [0.3, 0.4) is 0 Å². The molecule has 18 heavy (non-hydrogen) atoms. The van der Waals surface area contributed by atoms with E-state index in [9.17, 15) is 4.79 Å². The SMILES string of the molecule is CC1CCCN1C(=O)c1sc2cccnc2c1N. The third kappa shape index (κ3) is 1.66. The Balaban J connectivity index is 2.04. The van der Waals surface area contributed by atoms with E-state index in [0.29, 0.717) is 16.6 Å². The number of anilines is 1. The molecule has 4 nitrogen and oxygen atoms in total. The second kappa shape index (κ2) is 4.24. The Labute approximate surface area is 109 Å². The predicted octanol–water partition coefficient (Wildman–Crippen LogP) is 2.50. The lowest BCUT2D eigenvalue weighted by Gasteiger charge is -2.20. The highest BCUT2D eigenvalue weighted by atomic mass is 32.1. The van der Waals surface area contributed by atoms with E-state index >= 15 is 0 Å². The summed E-state index contributed by atoms with van der Waals surface area (Å²) in [5.41, 5.74) is 7.33. The number of pyridine rings is 1. The van der Waals surface area contributed by atoms with Gasteiger partial charge < -0.3 is 10.6 Å². The van der Waals surface area contributed by atoms with Crippen LogP contribution in [0.4, 0.5) is 5.69 Å². The van der Waals surface area contributed by atoms with Gasteiger partial charge in [-0.25, -0.2) is 0 Å². The Morgan fingerprint density at radius 1 is 1.61 bits per heavy atom. The van der Waals surface area contributed by atoms with Gasteiger partial charge in [0.15, 0.2) is 0 Å². The topological polar surface area (TPSA) is 59.2 Å². The number of nitrogen functional groups attached to an aromatic ring is 1. The Morgan fingerprint density at radius 2 is 2.44 bits per heavy atom. The predicted molar refractivity (Wildman–Crippen MR) is 73.8 cm³/mol. The molecule has 1 unspecified atom stereocenters. The van der Waals surface area contributed by atoms with Gasteiger partial charge in [0, 0.05) is 18.8 Å². The molecule has 1 saturated heterocycles. The van der Waals surface area contributed by atoms with E-state index in [1.54, 1.807) is 6.20 Å². The van der Waals surface area contributed by atoms with Gasteiger partial charge in [-0.3, -0.25) is 9.78 Å². The van der Waals surface area contributed by atoms with E-state index in [2.05, 4.69) is 11.9 Å². The highest BCUT2D eigenvalue weighted by Crippen LogP contribution is 2.34. The van der Waals surface area contributed by atoms with Crippen molar-refractivity contribution in [1.29, 1.82) is 0 Å². The first-order valence-electron chi connectivity index (χ1n) is 6.12. The molecule has 0 spiro atoms. The average Bonchev–Trinajstić information content (AvgIpc) is 2.94. The molecule has 0 saturated carbocycles. The van der Waals surface area contributed by atoms with Crippen LogP contribution < -0.4 is 5.73 Å². The molecule has 3 heterocycles. The number of nitrogens with two attached hydrogens (primary N) is 1. The first kappa shape index (κ1) is 11.5. The van der Waals surface area contributed by atoms with Gasteiger partial charge in [-0.2, -0.15) is 0 Å². The Kier molecular flexibility index (Phi) is 2.70. The van der Waals surface area contributed by atoms with Gasteiger partial charge in [0.25, 0.3) is 5.91 Å². The van der Waals surface area contributed by atoms with Crippen LogP contribution in [0.15, 0.2) is 18.3 Å². The van der Waals surface area contributed by atoms with Crippen LogP contribution in [-0.4, -0.2) is 28.4 Å². The van der Waals surface area contributed by atoms with Crippen molar-refractivity contribution >= 4 is 33.1 Å². The maximum absolute atomic E-state index is 12.5. The smallest absolute Gasteiger partial charge is 0.266 e. The van der Waals surface area contributed by atoms with Gasteiger partial charge in [0.05, 0.1) is 10.4 Å². The van der Waals surface area contributed by atoms with Crippen molar-refractivity contribution in [3.05, 3.63) is 23.2 Å². The molecule has 5 heteroatoms. The van der Waals surface area contributed by atoms with Crippen LogP contribution in [0.25, 0.3) is 10.2 Å². The first-order chi connectivity index (χ1) is 8.68. The quantitative estimate of drug-likeness (QED) is 0.858. The number of carbonyl (C=O) groups is 1. The standard InChI is InChI=1S/C13H15N3OS/c1-8-4-3-7-16(8)13(17)12-10(14)11-9(18-12)5-2-6-15-11/h2,5-6,8H,3-4,7,14H2,1H3. The minimum atomic E-state index is 0.0560. The zero-order valence-electron chi connectivity index (χ0n) is 10.2. The third-order valence-electron chi connectivity index (χ3n) is 3.49. The first-order valence-corrected chi connectivity index (χ1v) is 6.94. The summed E-state index contributed by atoms with van der Waals surface area (Å²) in [6, 6.07) is 4.13. The second-order valence-corrected chi connectivity index (χ2v) is 5.74. The number of hydrogen-bond acceptors (Lipinski definition) is 4. The number of hydrogen-bond donors (Lipinski definition) is 1. The molecule has 0 aromatic carbocycles. The fraction of sp³-hybridized carbons (Fsp3) is 0.385. The lowest BCUT2D eigenvalue weighted by molar-refractivity contribution is 0.0753. The number of aromatic nitrogens is 1. The molecule has 1 aliphatic rings. The van der Waals surface area contributed by atoms with Crippen molar-refractivity contribution in [3.8, 4) is 0 Å². The van der Waals surface area contributed by atoms with E-state index in [0.717, 1.165) is 29.6 Å². The normalized spacial score (nSPS) is 19.6. The Hall–Kier alpha value is -1.62. The van der Waals surface area contributed by atoms with E-state index in [1.807, 2.05) is 17.0 Å². The molecule has 0 aliphatic carbocycles. The summed E-state index contributed by atoms with van der Waals surface area (Å²) >= 11 is 1.44. The zero-order valence-corrected chi connectivity index (χ0v) is 11.0. The molecular formula is C13H15N3OS. The number of amides is 1. The van der Waals surface area contributed by atoms with E-state index < -0.39 is 0 Å². The minimum absolute atomic E-state index is 0.0560. The van der Waals surface area contributed by atoms with Crippen molar-refractivity contribution in [2.45, 2.75) is 25.8 Å². The van der Waals surface area contributed by atoms with Crippen LogP contribution in [0.2, 0.25) is 0 Å². The number of fused-ring (bicyclic) bond motifs is 1. The van der Waals surface area contributed by atoms with Gasteiger partial charge in [-0.1, -0.05) is 0 Å². The van der Waals surface area contributed by atoms with Crippen LogP contribution in [0, 0.1) is 0 Å². The number of thiophene rings is 1.